The summed E-state index contributed by atoms with van der Waals surface area (Å²) >= 11 is 0. The van der Waals surface area contributed by atoms with Gasteiger partial charge in [-0.2, -0.15) is 0 Å². The molecule has 0 spiro atoms. The molecule has 0 aliphatic heterocycles. The van der Waals surface area contributed by atoms with Crippen LogP contribution < -0.4 is 5.32 Å². The van der Waals surface area contributed by atoms with Gasteiger partial charge in [0.15, 0.2) is 0 Å². The van der Waals surface area contributed by atoms with Crippen LogP contribution in [0.1, 0.15) is 45.6 Å². The molecule has 2 aromatic carbocycles. The first-order valence-corrected chi connectivity index (χ1v) is 11.3. The molecule has 0 unspecified atom stereocenters. The number of furan rings is 1. The SMILES string of the molecule is CC(C)(C)OC(=O)NC1(c2ccc(-c3oc4nccnc4c3-c3ccccc3)cc2)CCC1. The molecule has 168 valence electrons. The Bertz CT molecular complexity index is 1280. The largest absolute Gasteiger partial charge is 0.444 e. The van der Waals surface area contributed by atoms with Crippen molar-refractivity contribution < 1.29 is 13.9 Å². The topological polar surface area (TPSA) is 77.2 Å². The second kappa shape index (κ2) is 8.03. The van der Waals surface area contributed by atoms with Gasteiger partial charge in [-0.3, -0.25) is 0 Å². The summed E-state index contributed by atoms with van der Waals surface area (Å²) in [6.07, 6.45) is 5.78. The molecular weight excluding hydrogens is 414 g/mol. The van der Waals surface area contributed by atoms with E-state index in [1.165, 1.54) is 0 Å². The minimum atomic E-state index is -0.532. The van der Waals surface area contributed by atoms with Gasteiger partial charge in [0, 0.05) is 18.0 Å². The molecule has 0 saturated heterocycles. The average Bonchev–Trinajstić information content (AvgIpc) is 3.15. The van der Waals surface area contributed by atoms with Gasteiger partial charge < -0.3 is 14.5 Å². The number of hydrogen-bond acceptors (Lipinski definition) is 5. The molecule has 2 aromatic heterocycles. The molecule has 0 bridgehead atoms. The van der Waals surface area contributed by atoms with Crippen LogP contribution in [0, 0.1) is 0 Å². The van der Waals surface area contributed by atoms with Crippen LogP contribution >= 0.6 is 0 Å². The van der Waals surface area contributed by atoms with Gasteiger partial charge in [-0.15, -0.1) is 0 Å². The average molecular weight is 442 g/mol. The number of nitrogens with one attached hydrogen (secondary N) is 1. The summed E-state index contributed by atoms with van der Waals surface area (Å²) in [5.41, 5.74) is 4.29. The molecule has 0 atom stereocenters. The van der Waals surface area contributed by atoms with E-state index in [1.807, 2.05) is 63.2 Å². The molecule has 5 rings (SSSR count). The van der Waals surface area contributed by atoms with Crippen molar-refractivity contribution in [3.05, 3.63) is 72.6 Å². The van der Waals surface area contributed by atoms with E-state index >= 15 is 0 Å². The van der Waals surface area contributed by atoms with Crippen LogP contribution in [0.2, 0.25) is 0 Å². The number of amides is 1. The quantitative estimate of drug-likeness (QED) is 0.393. The predicted octanol–water partition coefficient (Wildman–Crippen LogP) is 6.46. The fourth-order valence-corrected chi connectivity index (χ4v) is 4.36. The van der Waals surface area contributed by atoms with E-state index in [-0.39, 0.29) is 11.6 Å². The second-order valence-corrected chi connectivity index (χ2v) is 9.52. The number of rotatable bonds is 4. The Hall–Kier alpha value is -3.67. The van der Waals surface area contributed by atoms with Crippen LogP contribution in [0.4, 0.5) is 4.79 Å². The Kier molecular flexibility index (Phi) is 5.16. The van der Waals surface area contributed by atoms with E-state index in [1.54, 1.807) is 12.4 Å². The molecule has 0 radical (unpaired) electrons. The highest BCUT2D eigenvalue weighted by Crippen LogP contribution is 2.43. The van der Waals surface area contributed by atoms with Gasteiger partial charge in [-0.1, -0.05) is 54.6 Å². The van der Waals surface area contributed by atoms with Crippen LogP contribution in [-0.4, -0.2) is 21.7 Å². The summed E-state index contributed by atoms with van der Waals surface area (Å²) in [7, 11) is 0. The van der Waals surface area contributed by atoms with Gasteiger partial charge in [0.2, 0.25) is 5.71 Å². The number of carbonyl (C=O) groups is 1. The third-order valence-electron chi connectivity index (χ3n) is 6.04. The maximum absolute atomic E-state index is 12.5. The Morgan fingerprint density at radius 1 is 0.970 bits per heavy atom. The van der Waals surface area contributed by atoms with Crippen LogP contribution in [0.15, 0.2) is 71.4 Å². The number of fused-ring (bicyclic) bond motifs is 1. The molecule has 6 heteroatoms. The molecule has 1 N–H and O–H groups in total. The van der Waals surface area contributed by atoms with Crippen LogP contribution in [0.5, 0.6) is 0 Å². The van der Waals surface area contributed by atoms with Crippen LogP contribution in [0.25, 0.3) is 33.7 Å². The number of aromatic nitrogens is 2. The molecule has 1 amide bonds. The van der Waals surface area contributed by atoms with E-state index in [4.69, 9.17) is 9.15 Å². The minimum absolute atomic E-state index is 0.382. The van der Waals surface area contributed by atoms with Gasteiger partial charge in [-0.05, 0) is 51.2 Å². The van der Waals surface area contributed by atoms with Crippen molar-refractivity contribution in [2.45, 2.75) is 51.2 Å². The Morgan fingerprint density at radius 3 is 2.30 bits per heavy atom. The van der Waals surface area contributed by atoms with Gasteiger partial charge in [-0.25, -0.2) is 14.8 Å². The normalized spacial score (nSPS) is 15.1. The molecule has 2 heterocycles. The Morgan fingerprint density at radius 2 is 1.67 bits per heavy atom. The zero-order valence-corrected chi connectivity index (χ0v) is 19.1. The third kappa shape index (κ3) is 4.09. The summed E-state index contributed by atoms with van der Waals surface area (Å²) < 4.78 is 11.7. The van der Waals surface area contributed by atoms with Gasteiger partial charge in [0.1, 0.15) is 16.9 Å². The number of carbonyl (C=O) groups excluding carboxylic acids is 1. The monoisotopic (exact) mass is 441 g/mol. The van der Waals surface area contributed by atoms with E-state index in [0.29, 0.717) is 5.71 Å². The highest BCUT2D eigenvalue weighted by molar-refractivity contribution is 5.97. The third-order valence-corrected chi connectivity index (χ3v) is 6.04. The van der Waals surface area contributed by atoms with E-state index in [2.05, 4.69) is 27.4 Å². The van der Waals surface area contributed by atoms with Crippen molar-refractivity contribution in [1.82, 2.24) is 15.3 Å². The van der Waals surface area contributed by atoms with Crippen LogP contribution in [-0.2, 0) is 10.3 Å². The van der Waals surface area contributed by atoms with Crippen molar-refractivity contribution in [1.29, 1.82) is 0 Å². The summed E-state index contributed by atoms with van der Waals surface area (Å²) in [5, 5.41) is 3.12. The number of alkyl carbamates (subject to hydrolysis) is 1. The Labute approximate surface area is 193 Å². The fourth-order valence-electron chi connectivity index (χ4n) is 4.36. The molecule has 1 aliphatic rings. The lowest BCUT2D eigenvalue weighted by Gasteiger charge is -2.43. The van der Waals surface area contributed by atoms with E-state index in [0.717, 1.165) is 52.8 Å². The van der Waals surface area contributed by atoms with Gasteiger partial charge >= 0.3 is 6.09 Å². The molecule has 1 fully saturated rings. The van der Waals surface area contributed by atoms with Crippen molar-refractivity contribution in [3.8, 4) is 22.5 Å². The Balaban J connectivity index is 1.50. The van der Waals surface area contributed by atoms with Gasteiger partial charge in [0.05, 0.1) is 11.1 Å². The van der Waals surface area contributed by atoms with Crippen molar-refractivity contribution in [3.63, 3.8) is 0 Å². The molecule has 1 aliphatic carbocycles. The predicted molar refractivity (Wildman–Crippen MR) is 128 cm³/mol. The lowest BCUT2D eigenvalue weighted by atomic mass is 9.71. The van der Waals surface area contributed by atoms with E-state index < -0.39 is 5.60 Å². The highest BCUT2D eigenvalue weighted by Gasteiger charge is 2.41. The first-order chi connectivity index (χ1) is 15.8. The number of benzene rings is 2. The van der Waals surface area contributed by atoms with Crippen molar-refractivity contribution in [2.75, 3.05) is 0 Å². The zero-order valence-electron chi connectivity index (χ0n) is 19.1. The highest BCUT2D eigenvalue weighted by atomic mass is 16.6. The first kappa shape index (κ1) is 21.2. The maximum Gasteiger partial charge on any atom is 0.408 e. The summed E-state index contributed by atoms with van der Waals surface area (Å²) in [6, 6.07) is 18.3. The maximum atomic E-state index is 12.5. The fraction of sp³-hybridized carbons (Fsp3) is 0.296. The number of hydrogen-bond donors (Lipinski definition) is 1. The summed E-state index contributed by atoms with van der Waals surface area (Å²) in [6.45, 7) is 5.61. The summed E-state index contributed by atoms with van der Waals surface area (Å²) in [5.74, 6) is 0.733. The molecular formula is C27H27N3O3. The van der Waals surface area contributed by atoms with Crippen molar-refractivity contribution in [2.24, 2.45) is 0 Å². The molecule has 6 nitrogen and oxygen atoms in total. The minimum Gasteiger partial charge on any atom is -0.444 e. The lowest BCUT2D eigenvalue weighted by molar-refractivity contribution is 0.0377. The zero-order chi connectivity index (χ0) is 23.1. The lowest BCUT2D eigenvalue weighted by Crippen LogP contribution is -2.52. The standard InChI is InChI=1S/C27H27N3O3/c1-26(2,3)33-25(31)30-27(14-7-15-27)20-12-10-19(11-13-20)23-21(18-8-5-4-6-9-18)22-24(32-23)29-17-16-28-22/h4-6,8-13,16-17H,7,14-15H2,1-3H3,(H,30,31). The van der Waals surface area contributed by atoms with E-state index in [9.17, 15) is 4.79 Å². The first-order valence-electron chi connectivity index (χ1n) is 11.3. The molecule has 4 aromatic rings. The van der Waals surface area contributed by atoms with Gasteiger partial charge in [0.25, 0.3) is 0 Å². The molecule has 1 saturated carbocycles. The molecule has 33 heavy (non-hydrogen) atoms. The number of nitrogens with zero attached hydrogens (tertiary/aromatic N) is 2. The second-order valence-electron chi connectivity index (χ2n) is 9.52. The smallest absolute Gasteiger partial charge is 0.408 e. The van der Waals surface area contributed by atoms with Crippen LogP contribution in [0.3, 0.4) is 0 Å². The van der Waals surface area contributed by atoms with Crippen molar-refractivity contribution >= 4 is 17.3 Å². The number of ether oxygens (including phenoxy) is 1. The summed E-state index contributed by atoms with van der Waals surface area (Å²) in [4.78, 5) is 21.4.